The molecule has 1 aliphatic heterocycles. The van der Waals surface area contributed by atoms with Gasteiger partial charge in [0.2, 0.25) is 11.8 Å². The number of carbonyl (C=O) groups is 4. The molecule has 0 aromatic heterocycles. The number of carbonyl (C=O) groups excluding carboxylic acids is 4. The molecule has 2 aliphatic rings. The summed E-state index contributed by atoms with van der Waals surface area (Å²) in [7, 11) is 1.47. The highest BCUT2D eigenvalue weighted by Gasteiger charge is 2.36. The van der Waals surface area contributed by atoms with Crippen LogP contribution in [0.5, 0.6) is 0 Å². The zero-order chi connectivity index (χ0) is 38.5. The summed E-state index contributed by atoms with van der Waals surface area (Å²) in [6.45, 7) is 8.01. The van der Waals surface area contributed by atoms with E-state index in [-0.39, 0.29) is 57.0 Å². The fourth-order valence-electron chi connectivity index (χ4n) is 7.40. The van der Waals surface area contributed by atoms with Crippen molar-refractivity contribution in [2.45, 2.75) is 68.7 Å². The van der Waals surface area contributed by atoms with E-state index in [2.05, 4.69) is 35.9 Å². The second-order valence-corrected chi connectivity index (χ2v) is 13.7. The van der Waals surface area contributed by atoms with Crippen LogP contribution in [0.2, 0.25) is 0 Å². The monoisotopic (exact) mass is 737 g/mol. The quantitative estimate of drug-likeness (QED) is 0.103. The number of methoxy groups -OCH3 is 1. The number of hydrogen-bond acceptors (Lipinski definition) is 8. The van der Waals surface area contributed by atoms with Crippen molar-refractivity contribution in [2.75, 3.05) is 33.5 Å². The lowest BCUT2D eigenvalue weighted by molar-refractivity contribution is -0.155. The van der Waals surface area contributed by atoms with E-state index < -0.39 is 42.1 Å². The van der Waals surface area contributed by atoms with E-state index in [0.29, 0.717) is 24.9 Å². The number of aliphatic hydroxyl groups excluding tert-OH is 1. The zero-order valence-electron chi connectivity index (χ0n) is 30.9. The van der Waals surface area contributed by atoms with Gasteiger partial charge in [-0.2, -0.15) is 0 Å². The van der Waals surface area contributed by atoms with Gasteiger partial charge < -0.3 is 34.9 Å². The van der Waals surface area contributed by atoms with Gasteiger partial charge in [-0.25, -0.2) is 9.59 Å². The Balaban J connectivity index is 1.30. The molecule has 54 heavy (non-hydrogen) atoms. The highest BCUT2D eigenvalue weighted by atomic mass is 16.6. The number of likely N-dealkylation sites (tertiary alicyclic amines) is 1. The summed E-state index contributed by atoms with van der Waals surface area (Å²) in [6.07, 6.45) is 3.72. The Morgan fingerprint density at radius 1 is 0.926 bits per heavy atom. The van der Waals surface area contributed by atoms with E-state index in [1.54, 1.807) is 41.3 Å². The summed E-state index contributed by atoms with van der Waals surface area (Å²) in [4.78, 5) is 56.0. The van der Waals surface area contributed by atoms with Gasteiger partial charge in [0.05, 0.1) is 31.2 Å². The summed E-state index contributed by atoms with van der Waals surface area (Å²) >= 11 is 0. The molecule has 0 radical (unpaired) electrons. The maximum absolute atomic E-state index is 14.0. The topological polar surface area (TPSA) is 144 Å². The Kier molecular flexibility index (Phi) is 14.6. The smallest absolute Gasteiger partial charge is 0.407 e. The number of amides is 3. The van der Waals surface area contributed by atoms with Gasteiger partial charge in [0, 0.05) is 26.0 Å². The molecule has 5 rings (SSSR count). The number of hydrogen-bond donors (Lipinski definition) is 3. The number of esters is 1. The van der Waals surface area contributed by atoms with Crippen molar-refractivity contribution in [3.63, 3.8) is 0 Å². The largest absolute Gasteiger partial charge is 0.454 e. The van der Waals surface area contributed by atoms with E-state index in [4.69, 9.17) is 14.2 Å². The minimum absolute atomic E-state index is 0.0246. The molecular weight excluding hydrogens is 686 g/mol. The second-order valence-electron chi connectivity index (χ2n) is 13.7. The molecule has 1 aliphatic carbocycles. The number of aliphatic hydroxyl groups is 1. The third-order valence-electron chi connectivity index (χ3n) is 10.1. The lowest BCUT2D eigenvalue weighted by Crippen LogP contribution is -2.49. The molecule has 286 valence electrons. The third-order valence-corrected chi connectivity index (χ3v) is 10.1. The first-order valence-electron chi connectivity index (χ1n) is 18.6. The summed E-state index contributed by atoms with van der Waals surface area (Å²) in [5, 5.41) is 15.4. The Morgan fingerprint density at radius 2 is 1.59 bits per heavy atom. The van der Waals surface area contributed by atoms with Gasteiger partial charge in [-0.15, -0.1) is 13.2 Å². The van der Waals surface area contributed by atoms with E-state index in [0.717, 1.165) is 28.7 Å². The van der Waals surface area contributed by atoms with Crippen molar-refractivity contribution >= 4 is 23.9 Å². The molecule has 0 saturated carbocycles. The maximum atomic E-state index is 14.0. The van der Waals surface area contributed by atoms with Crippen molar-refractivity contribution in [1.29, 1.82) is 0 Å². The van der Waals surface area contributed by atoms with Crippen molar-refractivity contribution < 1.29 is 38.5 Å². The van der Waals surface area contributed by atoms with Gasteiger partial charge in [-0.05, 0) is 59.9 Å². The lowest BCUT2D eigenvalue weighted by Gasteiger charge is -2.31. The summed E-state index contributed by atoms with van der Waals surface area (Å²) < 4.78 is 17.4. The lowest BCUT2D eigenvalue weighted by atomic mass is 9.97. The SMILES string of the molecule is C=CCC[C@H](NC(=O)OCC1c2ccccc2-c2ccccc21)C(=O)O[C@@H](c1ccccc1)[C@H](COC)NC(=O)[C@H](CC=C)CC(=O)N1CCC[C@H]1CO. The van der Waals surface area contributed by atoms with Gasteiger partial charge in [-0.1, -0.05) is 91.0 Å². The highest BCUT2D eigenvalue weighted by molar-refractivity contribution is 5.87. The molecule has 3 aromatic carbocycles. The minimum atomic E-state index is -1.09. The molecule has 11 heteroatoms. The number of nitrogens with zero attached hydrogens (tertiary/aromatic N) is 1. The van der Waals surface area contributed by atoms with Crippen molar-refractivity contribution in [1.82, 2.24) is 15.5 Å². The van der Waals surface area contributed by atoms with Crippen molar-refractivity contribution in [3.8, 4) is 11.1 Å². The second kappa shape index (κ2) is 19.7. The van der Waals surface area contributed by atoms with Crippen LogP contribution >= 0.6 is 0 Å². The molecule has 3 N–H and O–H groups in total. The molecular formula is C43H51N3O8. The van der Waals surface area contributed by atoms with Crippen molar-refractivity contribution in [2.24, 2.45) is 5.92 Å². The molecule has 0 spiro atoms. The Morgan fingerprint density at radius 3 is 2.22 bits per heavy atom. The minimum Gasteiger partial charge on any atom is -0.454 e. The number of rotatable bonds is 19. The van der Waals surface area contributed by atoms with Crippen LogP contribution < -0.4 is 10.6 Å². The summed E-state index contributed by atoms with van der Waals surface area (Å²) in [6, 6.07) is 22.8. The van der Waals surface area contributed by atoms with Gasteiger partial charge in [0.25, 0.3) is 0 Å². The first-order valence-corrected chi connectivity index (χ1v) is 18.6. The number of allylic oxidation sites excluding steroid dienone is 2. The standard InChI is InChI=1S/C43H51N3O8/c1-4-6-23-37(45-43(51)53-27-36-34-21-12-10-19-32(34)33-20-11-13-22-35(33)36)42(50)54-40(29-16-8-7-9-17-29)38(28-52-3)44-41(49)30(15-5-2)25-39(48)46-24-14-18-31(46)26-47/h4-5,7-13,16-17,19-22,30-31,36-38,40,47H,1-2,6,14-15,18,23-28H2,3H3,(H,44,49)(H,45,51)/t30-,31+,37+,38+,40+/m1/s1. The fourth-order valence-corrected chi connectivity index (χ4v) is 7.40. The van der Waals surface area contributed by atoms with Crippen LogP contribution in [0.3, 0.4) is 0 Å². The molecule has 1 fully saturated rings. The average molecular weight is 738 g/mol. The van der Waals surface area contributed by atoms with Crippen molar-refractivity contribution in [3.05, 3.63) is 121 Å². The van der Waals surface area contributed by atoms with E-state index >= 15 is 0 Å². The van der Waals surface area contributed by atoms with Crippen LogP contribution in [-0.4, -0.2) is 85.5 Å². The van der Waals surface area contributed by atoms with Crippen LogP contribution in [0.1, 0.15) is 67.2 Å². The predicted molar refractivity (Wildman–Crippen MR) is 205 cm³/mol. The molecule has 0 bridgehead atoms. The van der Waals surface area contributed by atoms with E-state index in [9.17, 15) is 24.3 Å². The molecule has 5 atom stereocenters. The zero-order valence-corrected chi connectivity index (χ0v) is 30.9. The number of ether oxygens (including phenoxy) is 3. The van der Waals surface area contributed by atoms with Crippen LogP contribution in [0.4, 0.5) is 4.79 Å². The molecule has 3 amide bonds. The Hall–Kier alpha value is -5.26. The van der Waals surface area contributed by atoms with Crippen LogP contribution in [0.15, 0.2) is 104 Å². The van der Waals surface area contributed by atoms with Crippen LogP contribution in [0.25, 0.3) is 11.1 Å². The van der Waals surface area contributed by atoms with Gasteiger partial charge in [0.1, 0.15) is 18.8 Å². The third kappa shape index (κ3) is 9.83. The first kappa shape index (κ1) is 39.9. The summed E-state index contributed by atoms with van der Waals surface area (Å²) in [5.74, 6) is -2.28. The van der Waals surface area contributed by atoms with Gasteiger partial charge >= 0.3 is 12.1 Å². The Bertz CT molecular complexity index is 1720. The normalized spacial score (nSPS) is 16.9. The fraction of sp³-hybridized carbons (Fsp3) is 0.395. The molecule has 11 nitrogen and oxygen atoms in total. The number of alkyl carbamates (subject to hydrolysis) is 1. The number of nitrogens with one attached hydrogen (secondary N) is 2. The van der Waals surface area contributed by atoms with Gasteiger partial charge in [-0.3, -0.25) is 9.59 Å². The maximum Gasteiger partial charge on any atom is 0.407 e. The Labute approximate surface area is 317 Å². The average Bonchev–Trinajstić information content (AvgIpc) is 3.80. The molecule has 0 unspecified atom stereocenters. The molecule has 3 aromatic rings. The number of fused-ring (bicyclic) bond motifs is 3. The van der Waals surface area contributed by atoms with E-state index in [1.807, 2.05) is 42.5 Å². The molecule has 1 heterocycles. The number of benzene rings is 3. The van der Waals surface area contributed by atoms with Crippen LogP contribution in [0, 0.1) is 5.92 Å². The highest BCUT2D eigenvalue weighted by Crippen LogP contribution is 2.44. The van der Waals surface area contributed by atoms with E-state index in [1.165, 1.54) is 7.11 Å². The van der Waals surface area contributed by atoms with Crippen LogP contribution in [-0.2, 0) is 28.6 Å². The predicted octanol–water partition coefficient (Wildman–Crippen LogP) is 5.84. The summed E-state index contributed by atoms with van der Waals surface area (Å²) in [5.41, 5.74) is 4.93. The first-order chi connectivity index (χ1) is 26.3. The van der Waals surface area contributed by atoms with Gasteiger partial charge in [0.15, 0.2) is 0 Å². The molecule has 1 saturated heterocycles.